The monoisotopic (exact) mass is 338 g/mol. The van der Waals surface area contributed by atoms with Crippen LogP contribution in [0, 0.1) is 0 Å². The van der Waals surface area contributed by atoms with Crippen molar-refractivity contribution in [3.8, 4) is 0 Å². The first-order chi connectivity index (χ1) is 11.1. The van der Waals surface area contributed by atoms with Crippen LogP contribution in [0.1, 0.15) is 24.9 Å². The Bertz CT molecular complexity index is 498. The number of piperazine rings is 1. The van der Waals surface area contributed by atoms with Crippen LogP contribution in [-0.4, -0.2) is 67.9 Å². The third-order valence-electron chi connectivity index (χ3n) is 4.10. The fourth-order valence-corrected chi connectivity index (χ4v) is 3.35. The lowest BCUT2D eigenvalue weighted by atomic mass is 10.1. The van der Waals surface area contributed by atoms with Crippen LogP contribution >= 0.6 is 11.3 Å². The molecule has 1 saturated heterocycles. The quantitative estimate of drug-likeness (QED) is 0.749. The molecule has 0 aromatic carbocycles. The second kappa shape index (κ2) is 9.00. The minimum absolute atomic E-state index is 0.123. The second-order valence-electron chi connectivity index (χ2n) is 5.88. The summed E-state index contributed by atoms with van der Waals surface area (Å²) in [6.45, 7) is 6.91. The molecule has 128 valence electrons. The number of hydrogen-bond donors (Lipinski definition) is 2. The maximum atomic E-state index is 11.9. The summed E-state index contributed by atoms with van der Waals surface area (Å²) in [4.78, 5) is 28.3. The molecule has 1 aliphatic rings. The molecule has 7 heteroatoms. The summed E-state index contributed by atoms with van der Waals surface area (Å²) in [5.74, 6) is -1.10. The normalized spacial score (nSPS) is 17.7. The Hall–Kier alpha value is -1.44. The predicted molar refractivity (Wildman–Crippen MR) is 92.4 cm³/mol. The second-order valence-corrected chi connectivity index (χ2v) is 6.66. The van der Waals surface area contributed by atoms with Crippen molar-refractivity contribution in [2.45, 2.75) is 19.4 Å². The third-order valence-corrected chi connectivity index (χ3v) is 4.81. The van der Waals surface area contributed by atoms with Crippen molar-refractivity contribution in [3.05, 3.63) is 22.4 Å². The van der Waals surface area contributed by atoms with Crippen LogP contribution in [0.5, 0.6) is 0 Å². The maximum absolute atomic E-state index is 11.9. The molecule has 1 aliphatic heterocycles. The van der Waals surface area contributed by atoms with Gasteiger partial charge >= 0.3 is 11.8 Å². The van der Waals surface area contributed by atoms with Crippen LogP contribution < -0.4 is 10.6 Å². The van der Waals surface area contributed by atoms with Gasteiger partial charge in [0.25, 0.3) is 0 Å². The minimum atomic E-state index is -0.548. The van der Waals surface area contributed by atoms with Gasteiger partial charge in [-0.3, -0.25) is 14.5 Å². The number of nitrogens with zero attached hydrogens (tertiary/aromatic N) is 2. The lowest BCUT2D eigenvalue weighted by molar-refractivity contribution is -0.139. The van der Waals surface area contributed by atoms with Gasteiger partial charge in [-0.2, -0.15) is 11.3 Å². The van der Waals surface area contributed by atoms with Gasteiger partial charge in [-0.15, -0.1) is 0 Å². The van der Waals surface area contributed by atoms with E-state index < -0.39 is 11.8 Å². The molecule has 0 bridgehead atoms. The molecule has 2 amide bonds. The van der Waals surface area contributed by atoms with Crippen LogP contribution in [0.4, 0.5) is 0 Å². The van der Waals surface area contributed by atoms with Gasteiger partial charge in [-0.05, 0) is 35.9 Å². The van der Waals surface area contributed by atoms with E-state index in [1.807, 2.05) is 12.3 Å². The summed E-state index contributed by atoms with van der Waals surface area (Å²) in [6.07, 6.45) is 0.817. The first-order valence-corrected chi connectivity index (χ1v) is 9.06. The summed E-state index contributed by atoms with van der Waals surface area (Å²) in [5, 5.41) is 9.56. The summed E-state index contributed by atoms with van der Waals surface area (Å²) >= 11 is 1.66. The Balaban J connectivity index is 1.93. The molecule has 0 spiro atoms. The molecule has 1 atom stereocenters. The molecule has 0 aliphatic carbocycles. The van der Waals surface area contributed by atoms with Crippen LogP contribution in [0.3, 0.4) is 0 Å². The molecule has 1 fully saturated rings. The first-order valence-electron chi connectivity index (χ1n) is 8.12. The van der Waals surface area contributed by atoms with E-state index in [-0.39, 0.29) is 6.04 Å². The fraction of sp³-hybridized carbons (Fsp3) is 0.625. The molecule has 2 N–H and O–H groups in total. The Morgan fingerprint density at radius 2 is 1.91 bits per heavy atom. The van der Waals surface area contributed by atoms with Gasteiger partial charge in [0.1, 0.15) is 0 Å². The smallest absolute Gasteiger partial charge is 0.309 e. The van der Waals surface area contributed by atoms with Gasteiger partial charge in [0, 0.05) is 39.3 Å². The van der Waals surface area contributed by atoms with Crippen molar-refractivity contribution in [1.82, 2.24) is 20.4 Å². The third kappa shape index (κ3) is 5.30. The molecular weight excluding hydrogens is 312 g/mol. The van der Waals surface area contributed by atoms with E-state index in [1.54, 1.807) is 11.3 Å². The van der Waals surface area contributed by atoms with Gasteiger partial charge in [-0.1, -0.05) is 6.92 Å². The number of carbonyl (C=O) groups is 2. The molecule has 6 nitrogen and oxygen atoms in total. The highest BCUT2D eigenvalue weighted by atomic mass is 32.1. The zero-order valence-corrected chi connectivity index (χ0v) is 14.7. The summed E-state index contributed by atoms with van der Waals surface area (Å²) in [7, 11) is 2.12. The molecule has 2 rings (SSSR count). The molecule has 1 aromatic heterocycles. The highest BCUT2D eigenvalue weighted by molar-refractivity contribution is 7.07. The van der Waals surface area contributed by atoms with Gasteiger partial charge in [0.05, 0.1) is 6.04 Å². The zero-order valence-electron chi connectivity index (χ0n) is 13.9. The predicted octanol–water partition coefficient (Wildman–Crippen LogP) is 0.679. The molecule has 0 saturated carbocycles. The van der Waals surface area contributed by atoms with E-state index in [4.69, 9.17) is 0 Å². The highest BCUT2D eigenvalue weighted by Gasteiger charge is 2.25. The average molecular weight is 338 g/mol. The zero-order chi connectivity index (χ0) is 16.7. The largest absolute Gasteiger partial charge is 0.348 e. The number of rotatable bonds is 6. The van der Waals surface area contributed by atoms with E-state index in [2.05, 4.69) is 38.9 Å². The Morgan fingerprint density at radius 3 is 2.52 bits per heavy atom. The Morgan fingerprint density at radius 1 is 1.22 bits per heavy atom. The maximum Gasteiger partial charge on any atom is 0.309 e. The van der Waals surface area contributed by atoms with Crippen molar-refractivity contribution < 1.29 is 9.59 Å². The van der Waals surface area contributed by atoms with E-state index in [0.29, 0.717) is 13.1 Å². The number of hydrogen-bond acceptors (Lipinski definition) is 5. The van der Waals surface area contributed by atoms with E-state index >= 15 is 0 Å². The summed E-state index contributed by atoms with van der Waals surface area (Å²) in [6, 6.07) is 2.22. The van der Waals surface area contributed by atoms with Gasteiger partial charge in [0.15, 0.2) is 0 Å². The summed E-state index contributed by atoms with van der Waals surface area (Å²) < 4.78 is 0. The van der Waals surface area contributed by atoms with E-state index in [1.165, 1.54) is 5.56 Å². The standard InChI is InChI=1S/C16H26N4O2S/c1-3-5-17-15(21)16(22)18-11-14(13-4-10-23-12-13)20-8-6-19(2)7-9-20/h4,10,12,14H,3,5-9,11H2,1-2H3,(H,17,21)(H,18,22). The fourth-order valence-electron chi connectivity index (χ4n) is 2.64. The number of amides is 2. The van der Waals surface area contributed by atoms with E-state index in [9.17, 15) is 9.59 Å². The highest BCUT2D eigenvalue weighted by Crippen LogP contribution is 2.23. The van der Waals surface area contributed by atoms with Crippen molar-refractivity contribution >= 4 is 23.2 Å². The molecule has 23 heavy (non-hydrogen) atoms. The Kier molecular flexibility index (Phi) is 7.01. The van der Waals surface area contributed by atoms with Gasteiger partial charge in [-0.25, -0.2) is 0 Å². The van der Waals surface area contributed by atoms with Crippen LogP contribution in [0.15, 0.2) is 16.8 Å². The Labute approximate surface area is 141 Å². The number of carbonyl (C=O) groups excluding carboxylic acids is 2. The SMILES string of the molecule is CCCNC(=O)C(=O)NCC(c1ccsc1)N1CCN(C)CC1. The molecule has 2 heterocycles. The van der Waals surface area contributed by atoms with Crippen LogP contribution in [0.25, 0.3) is 0 Å². The van der Waals surface area contributed by atoms with Gasteiger partial charge < -0.3 is 15.5 Å². The van der Waals surface area contributed by atoms with Crippen LogP contribution in [0.2, 0.25) is 0 Å². The van der Waals surface area contributed by atoms with Gasteiger partial charge in [0.2, 0.25) is 0 Å². The van der Waals surface area contributed by atoms with Crippen molar-refractivity contribution in [1.29, 1.82) is 0 Å². The molecule has 0 radical (unpaired) electrons. The van der Waals surface area contributed by atoms with Crippen molar-refractivity contribution in [3.63, 3.8) is 0 Å². The van der Waals surface area contributed by atoms with Crippen molar-refractivity contribution in [2.75, 3.05) is 46.3 Å². The molecule has 1 unspecified atom stereocenters. The lowest BCUT2D eigenvalue weighted by Crippen LogP contribution is -2.49. The van der Waals surface area contributed by atoms with Crippen LogP contribution in [-0.2, 0) is 9.59 Å². The van der Waals surface area contributed by atoms with E-state index in [0.717, 1.165) is 32.6 Å². The minimum Gasteiger partial charge on any atom is -0.348 e. The van der Waals surface area contributed by atoms with Crippen molar-refractivity contribution in [2.24, 2.45) is 0 Å². The summed E-state index contributed by atoms with van der Waals surface area (Å²) in [5.41, 5.74) is 1.20. The number of nitrogens with one attached hydrogen (secondary N) is 2. The number of likely N-dealkylation sites (N-methyl/N-ethyl adjacent to an activating group) is 1. The topological polar surface area (TPSA) is 64.7 Å². The first kappa shape index (κ1) is 17.9. The molecule has 1 aromatic rings. The average Bonchev–Trinajstić information content (AvgIpc) is 3.08. The lowest BCUT2D eigenvalue weighted by Gasteiger charge is -2.37. The number of thiophene rings is 1. The molecular formula is C16H26N4O2S.